The Kier molecular flexibility index (Phi) is 3.36. The molecule has 1 aromatic heterocycles. The van der Waals surface area contributed by atoms with Gasteiger partial charge in [-0.2, -0.15) is 0 Å². The average Bonchev–Trinajstić information content (AvgIpc) is 2.52. The van der Waals surface area contributed by atoms with Gasteiger partial charge in [0.25, 0.3) is 0 Å². The van der Waals surface area contributed by atoms with E-state index in [2.05, 4.69) is 20.9 Å². The van der Waals surface area contributed by atoms with Gasteiger partial charge in [0.05, 0.1) is 10.0 Å². The highest BCUT2D eigenvalue weighted by Gasteiger charge is 2.08. The molecule has 5 heteroatoms. The van der Waals surface area contributed by atoms with Gasteiger partial charge in [-0.25, -0.2) is 4.98 Å². The first-order valence-electron chi connectivity index (χ1n) is 4.16. The summed E-state index contributed by atoms with van der Waals surface area (Å²) in [6, 6.07) is 5.53. The van der Waals surface area contributed by atoms with E-state index in [1.807, 2.05) is 19.1 Å². The predicted molar refractivity (Wildman–Crippen MR) is 70.0 cm³/mol. The Morgan fingerprint density at radius 2 is 2.00 bits per heavy atom. The summed E-state index contributed by atoms with van der Waals surface area (Å²) in [5.41, 5.74) is 0.989. The number of benzene rings is 1. The van der Waals surface area contributed by atoms with Gasteiger partial charge in [-0.15, -0.1) is 11.3 Å². The van der Waals surface area contributed by atoms with Crippen LogP contribution in [0.2, 0.25) is 10.0 Å². The third-order valence-electron chi connectivity index (χ3n) is 1.91. The number of halogens is 3. The Hall–Kier alpha value is -0.0900. The molecule has 0 saturated carbocycles. The molecule has 0 aliphatic heterocycles. The summed E-state index contributed by atoms with van der Waals surface area (Å²) in [6.07, 6.45) is 0. The van der Waals surface area contributed by atoms with Crippen molar-refractivity contribution in [2.75, 3.05) is 0 Å². The van der Waals surface area contributed by atoms with E-state index in [1.54, 1.807) is 17.4 Å². The van der Waals surface area contributed by atoms with Crippen LogP contribution in [0.4, 0.5) is 0 Å². The lowest BCUT2D eigenvalue weighted by Crippen LogP contribution is -1.76. The van der Waals surface area contributed by atoms with Crippen molar-refractivity contribution in [3.05, 3.63) is 37.7 Å². The zero-order chi connectivity index (χ0) is 11.0. The summed E-state index contributed by atoms with van der Waals surface area (Å²) in [7, 11) is 0. The number of aromatic nitrogens is 1. The van der Waals surface area contributed by atoms with Crippen molar-refractivity contribution < 1.29 is 0 Å². The SMILES string of the molecule is Cc1sc(-c2ccc(Cl)c(Cl)c2)nc1Br. The molecule has 15 heavy (non-hydrogen) atoms. The monoisotopic (exact) mass is 321 g/mol. The molecule has 1 heterocycles. The van der Waals surface area contributed by atoms with E-state index in [0.29, 0.717) is 10.0 Å². The fourth-order valence-corrected chi connectivity index (χ4v) is 2.77. The van der Waals surface area contributed by atoms with Crippen LogP contribution in [-0.4, -0.2) is 4.98 Å². The maximum Gasteiger partial charge on any atom is 0.124 e. The summed E-state index contributed by atoms with van der Waals surface area (Å²) in [5.74, 6) is 0. The molecule has 0 N–H and O–H groups in total. The fourth-order valence-electron chi connectivity index (χ4n) is 1.13. The van der Waals surface area contributed by atoms with Crippen molar-refractivity contribution in [2.24, 2.45) is 0 Å². The largest absolute Gasteiger partial charge is 0.229 e. The highest BCUT2D eigenvalue weighted by Crippen LogP contribution is 2.33. The molecule has 1 nitrogen and oxygen atoms in total. The van der Waals surface area contributed by atoms with Crippen LogP contribution in [-0.2, 0) is 0 Å². The maximum atomic E-state index is 5.94. The second-order valence-electron chi connectivity index (χ2n) is 2.99. The molecule has 0 saturated heterocycles. The summed E-state index contributed by atoms with van der Waals surface area (Å²) in [6.45, 7) is 2.02. The molecule has 0 radical (unpaired) electrons. The highest BCUT2D eigenvalue weighted by atomic mass is 79.9. The van der Waals surface area contributed by atoms with Gasteiger partial charge >= 0.3 is 0 Å². The normalized spacial score (nSPS) is 10.7. The first-order valence-corrected chi connectivity index (χ1v) is 6.53. The van der Waals surface area contributed by atoms with E-state index < -0.39 is 0 Å². The minimum atomic E-state index is 0.554. The molecule has 0 spiro atoms. The van der Waals surface area contributed by atoms with Crippen LogP contribution < -0.4 is 0 Å². The maximum absolute atomic E-state index is 5.94. The molecule has 2 rings (SSSR count). The lowest BCUT2D eigenvalue weighted by molar-refractivity contribution is 1.32. The van der Waals surface area contributed by atoms with Crippen LogP contribution in [0.1, 0.15) is 4.88 Å². The van der Waals surface area contributed by atoms with E-state index in [9.17, 15) is 0 Å². The van der Waals surface area contributed by atoms with Crippen molar-refractivity contribution in [1.29, 1.82) is 0 Å². The first-order chi connectivity index (χ1) is 7.08. The van der Waals surface area contributed by atoms with Crippen LogP contribution in [0, 0.1) is 6.92 Å². The van der Waals surface area contributed by atoms with Crippen molar-refractivity contribution in [1.82, 2.24) is 4.98 Å². The van der Waals surface area contributed by atoms with Gasteiger partial charge in [-0.05, 0) is 35.0 Å². The second kappa shape index (κ2) is 4.42. The average molecular weight is 323 g/mol. The molecule has 0 aliphatic carbocycles. The molecule has 0 aliphatic rings. The van der Waals surface area contributed by atoms with E-state index in [0.717, 1.165) is 20.1 Å². The number of thiazole rings is 1. The number of nitrogens with zero attached hydrogens (tertiary/aromatic N) is 1. The third kappa shape index (κ3) is 2.36. The highest BCUT2D eigenvalue weighted by molar-refractivity contribution is 9.10. The van der Waals surface area contributed by atoms with Crippen LogP contribution in [0.5, 0.6) is 0 Å². The lowest BCUT2D eigenvalue weighted by Gasteiger charge is -1.98. The van der Waals surface area contributed by atoms with E-state index >= 15 is 0 Å². The van der Waals surface area contributed by atoms with Gasteiger partial charge in [0.1, 0.15) is 9.61 Å². The van der Waals surface area contributed by atoms with Gasteiger partial charge < -0.3 is 0 Å². The Morgan fingerprint density at radius 1 is 1.27 bits per heavy atom. The predicted octanol–water partition coefficient (Wildman–Crippen LogP) is 5.19. The smallest absolute Gasteiger partial charge is 0.124 e. The number of hydrogen-bond donors (Lipinski definition) is 0. The van der Waals surface area contributed by atoms with Crippen LogP contribution in [0.3, 0.4) is 0 Å². The van der Waals surface area contributed by atoms with Crippen molar-refractivity contribution >= 4 is 50.5 Å². The number of rotatable bonds is 1. The molecule has 0 fully saturated rings. The van der Waals surface area contributed by atoms with Gasteiger partial charge in [-0.3, -0.25) is 0 Å². The van der Waals surface area contributed by atoms with Gasteiger partial charge in [-0.1, -0.05) is 29.3 Å². The second-order valence-corrected chi connectivity index (χ2v) is 5.76. The summed E-state index contributed by atoms with van der Waals surface area (Å²) in [4.78, 5) is 5.53. The molecule has 2 aromatic rings. The summed E-state index contributed by atoms with van der Waals surface area (Å²) in [5, 5.41) is 2.06. The molecule has 0 bridgehead atoms. The van der Waals surface area contributed by atoms with Crippen LogP contribution >= 0.6 is 50.5 Å². The minimum Gasteiger partial charge on any atom is -0.229 e. The van der Waals surface area contributed by atoms with Gasteiger partial charge in [0, 0.05) is 10.4 Å². The van der Waals surface area contributed by atoms with E-state index in [1.165, 1.54) is 0 Å². The zero-order valence-electron chi connectivity index (χ0n) is 7.72. The number of hydrogen-bond acceptors (Lipinski definition) is 2. The quantitative estimate of drug-likeness (QED) is 0.704. The summed E-state index contributed by atoms with van der Waals surface area (Å²) >= 11 is 16.8. The Bertz CT molecular complexity index is 491. The Morgan fingerprint density at radius 3 is 2.53 bits per heavy atom. The van der Waals surface area contributed by atoms with E-state index in [-0.39, 0.29) is 0 Å². The van der Waals surface area contributed by atoms with Crippen LogP contribution in [0.15, 0.2) is 22.8 Å². The minimum absolute atomic E-state index is 0.554. The lowest BCUT2D eigenvalue weighted by atomic mass is 10.2. The standard InChI is InChI=1S/C10H6BrCl2NS/c1-5-9(11)14-10(15-5)6-2-3-7(12)8(13)4-6/h2-4H,1H3. The van der Waals surface area contributed by atoms with E-state index in [4.69, 9.17) is 23.2 Å². The van der Waals surface area contributed by atoms with Gasteiger partial charge in [0.2, 0.25) is 0 Å². The number of aryl methyl sites for hydroxylation is 1. The first kappa shape index (κ1) is 11.4. The van der Waals surface area contributed by atoms with Crippen molar-refractivity contribution in [2.45, 2.75) is 6.92 Å². The Balaban J connectivity index is 2.49. The topological polar surface area (TPSA) is 12.9 Å². The van der Waals surface area contributed by atoms with Crippen molar-refractivity contribution in [3.8, 4) is 10.6 Å². The van der Waals surface area contributed by atoms with Crippen LogP contribution in [0.25, 0.3) is 10.6 Å². The third-order valence-corrected chi connectivity index (χ3v) is 4.70. The molecule has 0 atom stereocenters. The molecule has 1 aromatic carbocycles. The summed E-state index contributed by atoms with van der Waals surface area (Å²) < 4.78 is 0.883. The Labute approximate surface area is 110 Å². The molecule has 0 amide bonds. The molecule has 0 unspecified atom stereocenters. The zero-order valence-corrected chi connectivity index (χ0v) is 11.6. The molecular weight excluding hydrogens is 317 g/mol. The van der Waals surface area contributed by atoms with Crippen molar-refractivity contribution in [3.63, 3.8) is 0 Å². The van der Waals surface area contributed by atoms with Gasteiger partial charge in [0.15, 0.2) is 0 Å². The fraction of sp³-hybridized carbons (Fsp3) is 0.100. The molecule has 78 valence electrons. The molecular formula is C10H6BrCl2NS.